The van der Waals surface area contributed by atoms with Crippen LogP contribution in [0.25, 0.3) is 17.0 Å². The van der Waals surface area contributed by atoms with Crippen molar-refractivity contribution in [2.45, 2.75) is 25.7 Å². The van der Waals surface area contributed by atoms with E-state index in [9.17, 15) is 13.2 Å². The molecule has 0 saturated carbocycles. The first-order valence-electron chi connectivity index (χ1n) is 9.80. The Bertz CT molecular complexity index is 1190. The number of rotatable bonds is 7. The number of carbonyl (C=O) groups excluding carboxylic acids is 1. The van der Waals surface area contributed by atoms with E-state index >= 15 is 0 Å². The van der Waals surface area contributed by atoms with Gasteiger partial charge in [0, 0.05) is 42.0 Å². The molecule has 6 nitrogen and oxygen atoms in total. The summed E-state index contributed by atoms with van der Waals surface area (Å²) in [7, 11) is -3.60. The molecule has 0 fully saturated rings. The summed E-state index contributed by atoms with van der Waals surface area (Å²) < 4.78 is 26.9. The minimum atomic E-state index is -3.60. The van der Waals surface area contributed by atoms with Gasteiger partial charge in [0.2, 0.25) is 15.9 Å². The van der Waals surface area contributed by atoms with Crippen molar-refractivity contribution in [2.75, 3.05) is 18.4 Å². The van der Waals surface area contributed by atoms with Crippen molar-refractivity contribution in [3.8, 4) is 0 Å². The molecule has 0 radical (unpaired) electrons. The highest BCUT2D eigenvalue weighted by Gasteiger charge is 2.22. The van der Waals surface area contributed by atoms with Crippen LogP contribution < -0.4 is 5.32 Å². The first kappa shape index (κ1) is 21.7. The zero-order valence-corrected chi connectivity index (χ0v) is 18.1. The molecule has 2 aromatic carbocycles. The number of anilines is 1. The summed E-state index contributed by atoms with van der Waals surface area (Å²) >= 11 is 0. The molecule has 0 unspecified atom stereocenters. The van der Waals surface area contributed by atoms with Gasteiger partial charge in [-0.05, 0) is 36.8 Å². The third-order valence-corrected chi connectivity index (χ3v) is 6.93. The van der Waals surface area contributed by atoms with Gasteiger partial charge >= 0.3 is 0 Å². The van der Waals surface area contributed by atoms with Crippen LogP contribution in [0, 0.1) is 6.92 Å². The summed E-state index contributed by atoms with van der Waals surface area (Å²) in [4.78, 5) is 17.0. The Morgan fingerprint density at radius 1 is 1.10 bits per heavy atom. The number of aromatic nitrogens is 1. The number of benzene rings is 2. The van der Waals surface area contributed by atoms with E-state index in [0.29, 0.717) is 18.8 Å². The maximum absolute atomic E-state index is 12.8. The molecule has 3 aromatic rings. The second-order valence-electron chi connectivity index (χ2n) is 6.81. The molecule has 0 bridgehead atoms. The monoisotopic (exact) mass is 423 g/mol. The van der Waals surface area contributed by atoms with Gasteiger partial charge in [0.05, 0.1) is 10.4 Å². The van der Waals surface area contributed by atoms with E-state index in [0.717, 1.165) is 22.0 Å². The van der Waals surface area contributed by atoms with E-state index in [-0.39, 0.29) is 10.8 Å². The van der Waals surface area contributed by atoms with Crippen molar-refractivity contribution in [1.82, 2.24) is 9.29 Å². The van der Waals surface area contributed by atoms with E-state index in [1.807, 2.05) is 37.3 Å². The zero-order valence-electron chi connectivity index (χ0n) is 17.3. The summed E-state index contributed by atoms with van der Waals surface area (Å²) in [5.41, 5.74) is 2.89. The molecule has 0 aliphatic carbocycles. The fraction of sp³-hybridized carbons (Fsp3) is 0.217. The molecule has 30 heavy (non-hydrogen) atoms. The number of hydrogen-bond acceptors (Lipinski definition) is 4. The van der Waals surface area contributed by atoms with Gasteiger partial charge in [-0.3, -0.25) is 9.78 Å². The summed E-state index contributed by atoms with van der Waals surface area (Å²) in [5, 5.41) is 3.78. The molecule has 0 spiro atoms. The van der Waals surface area contributed by atoms with Crippen LogP contribution in [-0.4, -0.2) is 36.7 Å². The van der Waals surface area contributed by atoms with Crippen molar-refractivity contribution in [1.29, 1.82) is 0 Å². The lowest BCUT2D eigenvalue weighted by molar-refractivity contribution is -0.111. The van der Waals surface area contributed by atoms with Crippen molar-refractivity contribution >= 4 is 38.6 Å². The topological polar surface area (TPSA) is 79.4 Å². The fourth-order valence-corrected chi connectivity index (χ4v) is 4.70. The minimum Gasteiger partial charge on any atom is -0.322 e. The standard InChI is InChI=1S/C23H25N3O3S/c1-4-26(5-2)30(28,29)20-13-11-17(3)21(16-20)25-22(27)14-12-19-9-6-8-18-10-7-15-24-23(18)19/h6-16H,4-5H2,1-3H3,(H,25,27)/b14-12+. The van der Waals surface area contributed by atoms with Gasteiger partial charge in [-0.1, -0.05) is 44.2 Å². The Hall–Kier alpha value is -3.03. The van der Waals surface area contributed by atoms with Crippen LogP contribution in [0.3, 0.4) is 0 Å². The smallest absolute Gasteiger partial charge is 0.248 e. The van der Waals surface area contributed by atoms with Gasteiger partial charge < -0.3 is 5.32 Å². The van der Waals surface area contributed by atoms with Crippen molar-refractivity contribution in [2.24, 2.45) is 0 Å². The maximum atomic E-state index is 12.8. The number of amides is 1. The van der Waals surface area contributed by atoms with Crippen molar-refractivity contribution < 1.29 is 13.2 Å². The molecule has 1 amide bonds. The van der Waals surface area contributed by atoms with Crippen LogP contribution in [0.2, 0.25) is 0 Å². The summed E-state index contributed by atoms with van der Waals surface area (Å²) in [6.45, 7) is 6.18. The first-order valence-corrected chi connectivity index (χ1v) is 11.2. The van der Waals surface area contributed by atoms with E-state index in [4.69, 9.17) is 0 Å². The number of fused-ring (bicyclic) bond motifs is 1. The van der Waals surface area contributed by atoms with Gasteiger partial charge in [-0.15, -0.1) is 0 Å². The van der Waals surface area contributed by atoms with Gasteiger partial charge in [-0.25, -0.2) is 8.42 Å². The highest BCUT2D eigenvalue weighted by molar-refractivity contribution is 7.89. The van der Waals surface area contributed by atoms with Crippen molar-refractivity contribution in [3.05, 3.63) is 71.9 Å². The van der Waals surface area contributed by atoms with E-state index in [1.54, 1.807) is 38.3 Å². The van der Waals surface area contributed by atoms with Crippen LogP contribution in [0.5, 0.6) is 0 Å². The molecule has 1 N–H and O–H groups in total. The second-order valence-corrected chi connectivity index (χ2v) is 8.75. The lowest BCUT2D eigenvalue weighted by Gasteiger charge is -2.19. The average Bonchev–Trinajstić information content (AvgIpc) is 2.74. The Labute approximate surface area is 177 Å². The first-order chi connectivity index (χ1) is 14.4. The molecule has 7 heteroatoms. The van der Waals surface area contributed by atoms with Crippen LogP contribution in [0.4, 0.5) is 5.69 Å². The maximum Gasteiger partial charge on any atom is 0.248 e. The van der Waals surface area contributed by atoms with Crippen LogP contribution in [0.15, 0.2) is 65.7 Å². The Kier molecular flexibility index (Phi) is 6.64. The van der Waals surface area contributed by atoms with Crippen LogP contribution in [-0.2, 0) is 14.8 Å². The predicted molar refractivity (Wildman–Crippen MR) is 121 cm³/mol. The molecular formula is C23H25N3O3S. The number of nitrogens with one attached hydrogen (secondary N) is 1. The number of sulfonamides is 1. The molecular weight excluding hydrogens is 398 g/mol. The third-order valence-electron chi connectivity index (χ3n) is 4.89. The summed E-state index contributed by atoms with van der Waals surface area (Å²) in [6.07, 6.45) is 4.84. The Morgan fingerprint density at radius 2 is 1.83 bits per heavy atom. The largest absolute Gasteiger partial charge is 0.322 e. The van der Waals surface area contributed by atoms with Gasteiger partial charge in [0.15, 0.2) is 0 Å². The quantitative estimate of drug-likeness (QED) is 0.577. The van der Waals surface area contributed by atoms with Gasteiger partial charge in [0.25, 0.3) is 0 Å². The molecule has 156 valence electrons. The highest BCUT2D eigenvalue weighted by Crippen LogP contribution is 2.23. The second kappa shape index (κ2) is 9.19. The van der Waals surface area contributed by atoms with Gasteiger partial charge in [0.1, 0.15) is 0 Å². The lowest BCUT2D eigenvalue weighted by atomic mass is 10.1. The van der Waals surface area contributed by atoms with E-state index in [1.165, 1.54) is 16.4 Å². The number of aryl methyl sites for hydroxylation is 1. The molecule has 0 aliphatic rings. The number of pyridine rings is 1. The van der Waals surface area contributed by atoms with Crippen LogP contribution in [0.1, 0.15) is 25.0 Å². The molecule has 0 atom stereocenters. The zero-order chi connectivity index (χ0) is 21.7. The van der Waals surface area contributed by atoms with Gasteiger partial charge in [-0.2, -0.15) is 4.31 Å². The molecule has 0 aliphatic heterocycles. The minimum absolute atomic E-state index is 0.161. The average molecular weight is 424 g/mol. The summed E-state index contributed by atoms with van der Waals surface area (Å²) in [6, 6.07) is 14.4. The number of nitrogens with zero attached hydrogens (tertiary/aromatic N) is 2. The number of carbonyl (C=O) groups is 1. The SMILES string of the molecule is CCN(CC)S(=O)(=O)c1ccc(C)c(NC(=O)/C=C/c2cccc3cccnc23)c1. The molecule has 3 rings (SSSR count). The number of para-hydroxylation sites is 1. The third kappa shape index (κ3) is 4.58. The van der Waals surface area contributed by atoms with Crippen LogP contribution >= 0.6 is 0 Å². The van der Waals surface area contributed by atoms with E-state index < -0.39 is 10.0 Å². The van der Waals surface area contributed by atoms with Crippen molar-refractivity contribution in [3.63, 3.8) is 0 Å². The molecule has 1 heterocycles. The molecule has 1 aromatic heterocycles. The normalized spacial score (nSPS) is 12.0. The lowest BCUT2D eigenvalue weighted by Crippen LogP contribution is -2.30. The summed E-state index contributed by atoms with van der Waals surface area (Å²) in [5.74, 6) is -0.344. The molecule has 0 saturated heterocycles. The Morgan fingerprint density at radius 3 is 2.57 bits per heavy atom. The van der Waals surface area contributed by atoms with E-state index in [2.05, 4.69) is 10.3 Å². The highest BCUT2D eigenvalue weighted by atomic mass is 32.2. The fourth-order valence-electron chi connectivity index (χ4n) is 3.21. The number of hydrogen-bond donors (Lipinski definition) is 1. The predicted octanol–water partition coefficient (Wildman–Crippen LogP) is 4.23. The Balaban J connectivity index is 1.84.